The van der Waals surface area contributed by atoms with E-state index in [9.17, 15) is 4.79 Å². The summed E-state index contributed by atoms with van der Waals surface area (Å²) in [4.78, 5) is 20.5. The van der Waals surface area contributed by atoms with Gasteiger partial charge < -0.3 is 15.2 Å². The van der Waals surface area contributed by atoms with Crippen LogP contribution in [0.25, 0.3) is 0 Å². The van der Waals surface area contributed by atoms with Gasteiger partial charge in [-0.15, -0.1) is 0 Å². The molecule has 1 atom stereocenters. The third-order valence-corrected chi connectivity index (χ3v) is 3.81. The third-order valence-electron chi connectivity index (χ3n) is 3.81. The molecule has 0 aliphatic carbocycles. The second kappa shape index (κ2) is 6.05. The zero-order valence-electron chi connectivity index (χ0n) is 12.0. The van der Waals surface area contributed by atoms with E-state index in [0.29, 0.717) is 18.3 Å². The second-order valence-electron chi connectivity index (χ2n) is 5.26. The Labute approximate surface area is 123 Å². The van der Waals surface area contributed by atoms with Gasteiger partial charge in [-0.05, 0) is 37.1 Å². The predicted octanol–water partition coefficient (Wildman–Crippen LogP) is 1.17. The SMILES string of the molecule is Cn1ccnc1CNC(=O)c1cc([C@@H]2CCCN2)ccn1. The molecule has 0 saturated carbocycles. The number of carbonyl (C=O) groups excluding carboxylic acids is 1. The summed E-state index contributed by atoms with van der Waals surface area (Å²) in [6, 6.07) is 4.18. The molecule has 0 unspecified atom stereocenters. The molecule has 3 rings (SSSR count). The Morgan fingerprint density at radius 1 is 1.48 bits per heavy atom. The number of aryl methyl sites for hydroxylation is 1. The van der Waals surface area contributed by atoms with Gasteiger partial charge in [0, 0.05) is 31.7 Å². The van der Waals surface area contributed by atoms with Crippen LogP contribution in [0.5, 0.6) is 0 Å². The van der Waals surface area contributed by atoms with Gasteiger partial charge in [-0.3, -0.25) is 9.78 Å². The monoisotopic (exact) mass is 285 g/mol. The van der Waals surface area contributed by atoms with Crippen molar-refractivity contribution in [1.29, 1.82) is 0 Å². The molecular weight excluding hydrogens is 266 g/mol. The van der Waals surface area contributed by atoms with Crippen molar-refractivity contribution in [2.24, 2.45) is 7.05 Å². The lowest BCUT2D eigenvalue weighted by Gasteiger charge is -2.11. The molecule has 110 valence electrons. The van der Waals surface area contributed by atoms with E-state index in [2.05, 4.69) is 20.6 Å². The lowest BCUT2D eigenvalue weighted by molar-refractivity contribution is 0.0944. The summed E-state index contributed by atoms with van der Waals surface area (Å²) >= 11 is 0. The van der Waals surface area contributed by atoms with E-state index in [1.165, 1.54) is 6.42 Å². The summed E-state index contributed by atoms with van der Waals surface area (Å²) < 4.78 is 1.88. The largest absolute Gasteiger partial charge is 0.343 e. The Bertz CT molecular complexity index is 630. The summed E-state index contributed by atoms with van der Waals surface area (Å²) in [7, 11) is 1.90. The maximum Gasteiger partial charge on any atom is 0.270 e. The van der Waals surface area contributed by atoms with E-state index in [-0.39, 0.29) is 5.91 Å². The number of pyridine rings is 1. The zero-order chi connectivity index (χ0) is 14.7. The molecule has 0 spiro atoms. The Kier molecular flexibility index (Phi) is 3.96. The van der Waals surface area contributed by atoms with E-state index < -0.39 is 0 Å². The highest BCUT2D eigenvalue weighted by atomic mass is 16.1. The molecule has 3 heterocycles. The molecule has 0 aromatic carbocycles. The number of aromatic nitrogens is 3. The number of imidazole rings is 1. The van der Waals surface area contributed by atoms with Gasteiger partial charge in [-0.2, -0.15) is 0 Å². The molecule has 6 nitrogen and oxygen atoms in total. The molecule has 6 heteroatoms. The summed E-state index contributed by atoms with van der Waals surface area (Å²) in [6.07, 6.45) is 7.55. The van der Waals surface area contributed by atoms with Crippen LogP contribution in [0.4, 0.5) is 0 Å². The van der Waals surface area contributed by atoms with E-state index in [1.807, 2.05) is 29.9 Å². The van der Waals surface area contributed by atoms with Gasteiger partial charge in [-0.25, -0.2) is 4.98 Å². The minimum Gasteiger partial charge on any atom is -0.343 e. The molecule has 1 aliphatic rings. The van der Waals surface area contributed by atoms with Crippen LogP contribution >= 0.6 is 0 Å². The van der Waals surface area contributed by atoms with Crippen LogP contribution in [0.3, 0.4) is 0 Å². The van der Waals surface area contributed by atoms with E-state index in [4.69, 9.17) is 0 Å². The highest BCUT2D eigenvalue weighted by Crippen LogP contribution is 2.22. The van der Waals surface area contributed by atoms with Gasteiger partial charge >= 0.3 is 0 Å². The highest BCUT2D eigenvalue weighted by Gasteiger charge is 2.18. The fourth-order valence-corrected chi connectivity index (χ4v) is 2.57. The number of hydrogen-bond donors (Lipinski definition) is 2. The van der Waals surface area contributed by atoms with Crippen LogP contribution in [-0.2, 0) is 13.6 Å². The quantitative estimate of drug-likeness (QED) is 0.884. The van der Waals surface area contributed by atoms with Gasteiger partial charge in [0.1, 0.15) is 11.5 Å². The zero-order valence-corrected chi connectivity index (χ0v) is 12.0. The van der Waals surface area contributed by atoms with Crippen molar-refractivity contribution in [2.75, 3.05) is 6.54 Å². The number of nitrogens with zero attached hydrogens (tertiary/aromatic N) is 3. The fraction of sp³-hybridized carbons (Fsp3) is 0.400. The maximum absolute atomic E-state index is 12.2. The number of carbonyl (C=O) groups is 1. The summed E-state index contributed by atoms with van der Waals surface area (Å²) in [5.74, 6) is 0.648. The van der Waals surface area contributed by atoms with Crippen molar-refractivity contribution >= 4 is 5.91 Å². The van der Waals surface area contributed by atoms with Crippen LogP contribution in [0.15, 0.2) is 30.7 Å². The number of rotatable bonds is 4. The normalized spacial score (nSPS) is 17.9. The highest BCUT2D eigenvalue weighted by molar-refractivity contribution is 5.92. The molecule has 1 fully saturated rings. The molecular formula is C15H19N5O. The summed E-state index contributed by atoms with van der Waals surface area (Å²) in [5.41, 5.74) is 1.58. The van der Waals surface area contributed by atoms with Crippen molar-refractivity contribution in [3.63, 3.8) is 0 Å². The Balaban J connectivity index is 1.67. The Morgan fingerprint density at radius 3 is 3.10 bits per heavy atom. The van der Waals surface area contributed by atoms with Crippen molar-refractivity contribution < 1.29 is 4.79 Å². The van der Waals surface area contributed by atoms with Crippen LogP contribution in [0.2, 0.25) is 0 Å². The second-order valence-corrected chi connectivity index (χ2v) is 5.26. The smallest absolute Gasteiger partial charge is 0.270 e. The van der Waals surface area contributed by atoms with Gasteiger partial charge in [0.15, 0.2) is 0 Å². The third kappa shape index (κ3) is 3.11. The Hall–Kier alpha value is -2.21. The van der Waals surface area contributed by atoms with Gasteiger partial charge in [-0.1, -0.05) is 0 Å². The molecule has 2 N–H and O–H groups in total. The maximum atomic E-state index is 12.2. The van der Waals surface area contributed by atoms with E-state index in [1.54, 1.807) is 12.4 Å². The molecule has 0 bridgehead atoms. The fourth-order valence-electron chi connectivity index (χ4n) is 2.57. The predicted molar refractivity (Wildman–Crippen MR) is 78.6 cm³/mol. The standard InChI is InChI=1S/C15H19N5O/c1-20-8-7-18-14(20)10-19-15(21)13-9-11(4-6-17-13)12-3-2-5-16-12/h4,6-9,12,16H,2-3,5,10H2,1H3,(H,19,21)/t12-/m0/s1. The van der Waals surface area contributed by atoms with Gasteiger partial charge in [0.05, 0.1) is 6.54 Å². The number of hydrogen-bond acceptors (Lipinski definition) is 4. The number of nitrogens with one attached hydrogen (secondary N) is 2. The first-order chi connectivity index (χ1) is 10.2. The Morgan fingerprint density at radius 2 is 2.38 bits per heavy atom. The van der Waals surface area contributed by atoms with Gasteiger partial charge in [0.2, 0.25) is 0 Å². The minimum absolute atomic E-state index is 0.169. The van der Waals surface area contributed by atoms with Gasteiger partial charge in [0.25, 0.3) is 5.91 Å². The molecule has 1 aliphatic heterocycles. The minimum atomic E-state index is -0.169. The van der Waals surface area contributed by atoms with Crippen LogP contribution in [-0.4, -0.2) is 27.0 Å². The summed E-state index contributed by atoms with van der Waals surface area (Å²) in [6.45, 7) is 1.43. The molecule has 2 aromatic heterocycles. The number of amides is 1. The van der Waals surface area contributed by atoms with Crippen molar-refractivity contribution in [3.8, 4) is 0 Å². The van der Waals surface area contributed by atoms with E-state index in [0.717, 1.165) is 24.4 Å². The van der Waals surface area contributed by atoms with Crippen molar-refractivity contribution in [3.05, 3.63) is 47.8 Å². The molecule has 21 heavy (non-hydrogen) atoms. The lowest BCUT2D eigenvalue weighted by Crippen LogP contribution is -2.25. The first kappa shape index (κ1) is 13.8. The summed E-state index contributed by atoms with van der Waals surface area (Å²) in [5, 5.41) is 6.28. The average molecular weight is 285 g/mol. The average Bonchev–Trinajstić information content (AvgIpc) is 3.16. The lowest BCUT2D eigenvalue weighted by atomic mass is 10.1. The van der Waals surface area contributed by atoms with Crippen LogP contribution < -0.4 is 10.6 Å². The molecule has 1 amide bonds. The molecule has 2 aromatic rings. The first-order valence-corrected chi connectivity index (χ1v) is 7.18. The van der Waals surface area contributed by atoms with E-state index >= 15 is 0 Å². The molecule has 1 saturated heterocycles. The first-order valence-electron chi connectivity index (χ1n) is 7.18. The van der Waals surface area contributed by atoms with Crippen LogP contribution in [0, 0.1) is 0 Å². The molecule has 0 radical (unpaired) electrons. The van der Waals surface area contributed by atoms with Crippen molar-refractivity contribution in [1.82, 2.24) is 25.2 Å². The topological polar surface area (TPSA) is 71.8 Å². The van der Waals surface area contributed by atoms with Crippen LogP contribution in [0.1, 0.15) is 40.8 Å². The van der Waals surface area contributed by atoms with Crippen molar-refractivity contribution in [2.45, 2.75) is 25.4 Å².